The Morgan fingerprint density at radius 3 is 2.50 bits per heavy atom. The summed E-state index contributed by atoms with van der Waals surface area (Å²) >= 11 is 11.8. The lowest BCUT2D eigenvalue weighted by molar-refractivity contribution is -0.137. The summed E-state index contributed by atoms with van der Waals surface area (Å²) in [6.07, 6.45) is 1.60. The Morgan fingerprint density at radius 1 is 1.25 bits per heavy atom. The predicted octanol–water partition coefficient (Wildman–Crippen LogP) is 3.32. The fraction of sp³-hybridized carbons (Fsp3) is 0.429. The van der Waals surface area contributed by atoms with Crippen LogP contribution >= 0.6 is 23.2 Å². The van der Waals surface area contributed by atoms with Crippen molar-refractivity contribution in [1.82, 2.24) is 4.90 Å². The van der Waals surface area contributed by atoms with Crippen LogP contribution in [0.3, 0.4) is 0 Å². The normalized spacial score (nSPS) is 18.3. The number of carboxylic acid groups (broad SMARTS) is 1. The van der Waals surface area contributed by atoms with E-state index in [2.05, 4.69) is 0 Å². The highest BCUT2D eigenvalue weighted by Gasteiger charge is 2.27. The zero-order valence-electron chi connectivity index (χ0n) is 10.8. The van der Waals surface area contributed by atoms with Crippen molar-refractivity contribution in [2.75, 3.05) is 13.1 Å². The lowest BCUT2D eigenvalue weighted by atomic mass is 10.0. The molecule has 1 fully saturated rings. The van der Waals surface area contributed by atoms with Gasteiger partial charge in [0, 0.05) is 35.1 Å². The molecule has 0 saturated carbocycles. The fourth-order valence-corrected chi connectivity index (χ4v) is 2.97. The standard InChI is InChI=1S/C14H15Cl2NO3/c15-11-5-10(6-12(16)7-11)14(20)17-4-3-9(8-17)1-2-13(18)19/h5-7,9H,1-4,8H2,(H,18,19). The molecule has 1 aromatic carbocycles. The molecule has 0 radical (unpaired) electrons. The van der Waals surface area contributed by atoms with Gasteiger partial charge in [-0.1, -0.05) is 23.2 Å². The molecule has 1 aliphatic heterocycles. The second-order valence-electron chi connectivity index (χ2n) is 5.00. The maximum atomic E-state index is 12.3. The topological polar surface area (TPSA) is 57.6 Å². The van der Waals surface area contributed by atoms with Gasteiger partial charge in [-0.25, -0.2) is 0 Å². The molecule has 1 aromatic rings. The van der Waals surface area contributed by atoms with E-state index in [0.717, 1.165) is 6.42 Å². The van der Waals surface area contributed by atoms with Gasteiger partial charge in [0.05, 0.1) is 0 Å². The molecule has 0 aliphatic carbocycles. The molecule has 4 nitrogen and oxygen atoms in total. The van der Waals surface area contributed by atoms with Gasteiger partial charge >= 0.3 is 5.97 Å². The van der Waals surface area contributed by atoms with Crippen molar-refractivity contribution in [3.05, 3.63) is 33.8 Å². The van der Waals surface area contributed by atoms with E-state index >= 15 is 0 Å². The molecule has 0 bridgehead atoms. The first-order valence-electron chi connectivity index (χ1n) is 6.43. The summed E-state index contributed by atoms with van der Waals surface area (Å²) in [6, 6.07) is 4.78. The first-order chi connectivity index (χ1) is 9.45. The van der Waals surface area contributed by atoms with Crippen molar-refractivity contribution in [1.29, 1.82) is 0 Å². The number of halogens is 2. The van der Waals surface area contributed by atoms with Crippen LogP contribution in [0.5, 0.6) is 0 Å². The van der Waals surface area contributed by atoms with Gasteiger partial charge in [-0.2, -0.15) is 0 Å². The summed E-state index contributed by atoms with van der Waals surface area (Å²) in [5, 5.41) is 9.54. The molecule has 108 valence electrons. The number of hydrogen-bond acceptors (Lipinski definition) is 2. The third-order valence-electron chi connectivity index (χ3n) is 3.45. The Morgan fingerprint density at radius 2 is 1.90 bits per heavy atom. The highest BCUT2D eigenvalue weighted by atomic mass is 35.5. The summed E-state index contributed by atoms with van der Waals surface area (Å²) in [4.78, 5) is 24.6. The van der Waals surface area contributed by atoms with Crippen LogP contribution in [0.2, 0.25) is 10.0 Å². The van der Waals surface area contributed by atoms with E-state index in [0.29, 0.717) is 35.1 Å². The third kappa shape index (κ3) is 3.87. The van der Waals surface area contributed by atoms with Gasteiger partial charge in [-0.15, -0.1) is 0 Å². The predicted molar refractivity (Wildman–Crippen MR) is 77.3 cm³/mol. The lowest BCUT2D eigenvalue weighted by Crippen LogP contribution is -2.28. The Labute approximate surface area is 127 Å². The van der Waals surface area contributed by atoms with Gasteiger partial charge < -0.3 is 10.0 Å². The number of carboxylic acids is 1. The Balaban J connectivity index is 1.98. The fourth-order valence-electron chi connectivity index (χ4n) is 2.44. The average Bonchev–Trinajstić information content (AvgIpc) is 2.83. The molecule has 1 heterocycles. The summed E-state index contributed by atoms with van der Waals surface area (Å²) in [6.45, 7) is 1.24. The number of carbonyl (C=O) groups excluding carboxylic acids is 1. The number of aliphatic carboxylic acids is 1. The van der Waals surface area contributed by atoms with Crippen LogP contribution in [0, 0.1) is 5.92 Å². The third-order valence-corrected chi connectivity index (χ3v) is 3.89. The maximum Gasteiger partial charge on any atom is 0.303 e. The molecule has 1 saturated heterocycles. The van der Waals surface area contributed by atoms with Crippen LogP contribution in [0.1, 0.15) is 29.6 Å². The number of nitrogens with zero attached hydrogens (tertiary/aromatic N) is 1. The number of benzene rings is 1. The van der Waals surface area contributed by atoms with Crippen molar-refractivity contribution in [2.45, 2.75) is 19.3 Å². The molecule has 1 N–H and O–H groups in total. The van der Waals surface area contributed by atoms with Crippen molar-refractivity contribution in [2.24, 2.45) is 5.92 Å². The summed E-state index contributed by atoms with van der Waals surface area (Å²) in [5.74, 6) is -0.645. The number of likely N-dealkylation sites (tertiary alicyclic amines) is 1. The average molecular weight is 316 g/mol. The van der Waals surface area contributed by atoms with Gasteiger partial charge in [-0.3, -0.25) is 9.59 Å². The second kappa shape index (κ2) is 6.46. The molecule has 2 rings (SSSR count). The molecule has 1 unspecified atom stereocenters. The largest absolute Gasteiger partial charge is 0.481 e. The molecular weight excluding hydrogens is 301 g/mol. The lowest BCUT2D eigenvalue weighted by Gasteiger charge is -2.16. The minimum atomic E-state index is -0.795. The van der Waals surface area contributed by atoms with E-state index in [4.69, 9.17) is 28.3 Å². The first-order valence-corrected chi connectivity index (χ1v) is 7.18. The smallest absolute Gasteiger partial charge is 0.303 e. The Kier molecular flexibility index (Phi) is 4.89. The quantitative estimate of drug-likeness (QED) is 0.927. The number of hydrogen-bond donors (Lipinski definition) is 1. The SMILES string of the molecule is O=C(O)CCC1CCN(C(=O)c2cc(Cl)cc(Cl)c2)C1. The van der Waals surface area contributed by atoms with E-state index in [-0.39, 0.29) is 18.2 Å². The number of rotatable bonds is 4. The van der Waals surface area contributed by atoms with Crippen molar-refractivity contribution >= 4 is 35.1 Å². The zero-order valence-corrected chi connectivity index (χ0v) is 12.3. The van der Waals surface area contributed by atoms with Crippen molar-refractivity contribution in [3.63, 3.8) is 0 Å². The highest BCUT2D eigenvalue weighted by Crippen LogP contribution is 2.25. The Hall–Kier alpha value is -1.26. The minimum absolute atomic E-state index is 0.104. The van der Waals surface area contributed by atoms with Crippen LogP contribution in [-0.4, -0.2) is 35.0 Å². The monoisotopic (exact) mass is 315 g/mol. The van der Waals surface area contributed by atoms with Crippen LogP contribution in [0.25, 0.3) is 0 Å². The maximum absolute atomic E-state index is 12.3. The molecule has 1 amide bonds. The van der Waals surface area contributed by atoms with Gasteiger partial charge in [0.2, 0.25) is 0 Å². The van der Waals surface area contributed by atoms with Gasteiger partial charge in [-0.05, 0) is 37.0 Å². The summed E-state index contributed by atoms with van der Waals surface area (Å²) in [7, 11) is 0. The minimum Gasteiger partial charge on any atom is -0.481 e. The van der Waals surface area contributed by atoms with Crippen LogP contribution in [-0.2, 0) is 4.79 Å². The summed E-state index contributed by atoms with van der Waals surface area (Å²) in [5.41, 5.74) is 0.474. The molecular formula is C14H15Cl2NO3. The molecule has 6 heteroatoms. The van der Waals surface area contributed by atoms with E-state index in [1.54, 1.807) is 23.1 Å². The van der Waals surface area contributed by atoms with Crippen molar-refractivity contribution in [3.8, 4) is 0 Å². The zero-order chi connectivity index (χ0) is 14.7. The molecule has 1 aliphatic rings. The van der Waals surface area contributed by atoms with E-state index in [9.17, 15) is 9.59 Å². The number of amides is 1. The van der Waals surface area contributed by atoms with Gasteiger partial charge in [0.1, 0.15) is 0 Å². The molecule has 20 heavy (non-hydrogen) atoms. The van der Waals surface area contributed by atoms with Crippen LogP contribution in [0.15, 0.2) is 18.2 Å². The Bertz CT molecular complexity index is 513. The molecule has 0 aromatic heterocycles. The van der Waals surface area contributed by atoms with Gasteiger partial charge in [0.15, 0.2) is 0 Å². The first kappa shape index (κ1) is 15.1. The van der Waals surface area contributed by atoms with E-state index < -0.39 is 5.97 Å². The van der Waals surface area contributed by atoms with E-state index in [1.165, 1.54) is 0 Å². The second-order valence-corrected chi connectivity index (χ2v) is 5.87. The number of carbonyl (C=O) groups is 2. The van der Waals surface area contributed by atoms with E-state index in [1.807, 2.05) is 0 Å². The summed E-state index contributed by atoms with van der Waals surface area (Å²) < 4.78 is 0. The molecule has 1 atom stereocenters. The highest BCUT2D eigenvalue weighted by molar-refractivity contribution is 6.35. The van der Waals surface area contributed by atoms with Crippen molar-refractivity contribution < 1.29 is 14.7 Å². The molecule has 0 spiro atoms. The van der Waals surface area contributed by atoms with Crippen LogP contribution < -0.4 is 0 Å². The van der Waals surface area contributed by atoms with Gasteiger partial charge in [0.25, 0.3) is 5.91 Å². The van der Waals surface area contributed by atoms with Crippen LogP contribution in [0.4, 0.5) is 0 Å².